The summed E-state index contributed by atoms with van der Waals surface area (Å²) in [5.74, 6) is 0. The Bertz CT molecular complexity index is 1210. The van der Waals surface area contributed by atoms with E-state index in [9.17, 15) is 4.79 Å². The number of fused-ring (bicyclic) bond motifs is 2. The Kier molecular flexibility index (Phi) is 3.99. The van der Waals surface area contributed by atoms with E-state index in [1.807, 2.05) is 25.1 Å². The molecule has 0 saturated heterocycles. The lowest BCUT2D eigenvalue weighted by Gasteiger charge is -2.10. The second-order valence-corrected chi connectivity index (χ2v) is 7.14. The van der Waals surface area contributed by atoms with Gasteiger partial charge in [-0.25, -0.2) is 0 Å². The zero-order valence-electron chi connectivity index (χ0n) is 13.1. The first-order chi connectivity index (χ1) is 11.9. The van der Waals surface area contributed by atoms with Crippen molar-refractivity contribution in [2.45, 2.75) is 6.92 Å². The topological polar surface area (TPSA) is 30.2 Å². The third-order valence-electron chi connectivity index (χ3n) is 4.17. The summed E-state index contributed by atoms with van der Waals surface area (Å²) >= 11 is 18.3. The molecule has 4 rings (SSSR count). The van der Waals surface area contributed by atoms with Gasteiger partial charge in [0.05, 0.1) is 10.8 Å². The predicted molar refractivity (Wildman–Crippen MR) is 105 cm³/mol. The SMILES string of the molecule is Cc1cc(-c2ccc(Cl)cc2Cl)cc2oc3ccc(Cl)cc3c(=O)c12. The number of aryl methyl sites for hydroxylation is 1. The van der Waals surface area contributed by atoms with E-state index in [1.165, 1.54) is 0 Å². The quantitative estimate of drug-likeness (QED) is 0.332. The van der Waals surface area contributed by atoms with Crippen molar-refractivity contribution >= 4 is 56.7 Å². The maximum Gasteiger partial charge on any atom is 0.200 e. The lowest BCUT2D eigenvalue weighted by Crippen LogP contribution is -2.04. The molecule has 0 aliphatic carbocycles. The first-order valence-electron chi connectivity index (χ1n) is 7.56. The zero-order valence-corrected chi connectivity index (χ0v) is 15.3. The van der Waals surface area contributed by atoms with Gasteiger partial charge < -0.3 is 4.42 Å². The molecule has 3 aromatic carbocycles. The van der Waals surface area contributed by atoms with Gasteiger partial charge in [-0.1, -0.05) is 46.9 Å². The maximum atomic E-state index is 12.9. The molecule has 0 saturated carbocycles. The molecule has 0 fully saturated rings. The van der Waals surface area contributed by atoms with E-state index in [4.69, 9.17) is 39.2 Å². The van der Waals surface area contributed by atoms with E-state index >= 15 is 0 Å². The normalized spacial score (nSPS) is 11.4. The molecular weight excluding hydrogens is 379 g/mol. The average Bonchev–Trinajstić information content (AvgIpc) is 2.55. The van der Waals surface area contributed by atoms with Gasteiger partial charge in [0.1, 0.15) is 11.2 Å². The monoisotopic (exact) mass is 388 g/mol. The Morgan fingerprint density at radius 3 is 2.32 bits per heavy atom. The van der Waals surface area contributed by atoms with Crippen LogP contribution in [0.15, 0.2) is 57.7 Å². The molecule has 4 aromatic rings. The summed E-state index contributed by atoms with van der Waals surface area (Å²) in [6.07, 6.45) is 0. The number of benzene rings is 3. The molecule has 1 heterocycles. The van der Waals surface area contributed by atoms with Gasteiger partial charge in [-0.3, -0.25) is 4.79 Å². The van der Waals surface area contributed by atoms with Crippen LogP contribution in [0.1, 0.15) is 5.56 Å². The Morgan fingerprint density at radius 1 is 0.840 bits per heavy atom. The van der Waals surface area contributed by atoms with Gasteiger partial charge in [-0.05, 0) is 54.4 Å². The zero-order chi connectivity index (χ0) is 17.7. The molecule has 2 nitrogen and oxygen atoms in total. The van der Waals surface area contributed by atoms with Crippen LogP contribution in [0.2, 0.25) is 15.1 Å². The highest BCUT2D eigenvalue weighted by molar-refractivity contribution is 6.36. The molecule has 25 heavy (non-hydrogen) atoms. The molecule has 0 bridgehead atoms. The van der Waals surface area contributed by atoms with Gasteiger partial charge in [0.15, 0.2) is 0 Å². The Balaban J connectivity index is 2.06. The average molecular weight is 390 g/mol. The summed E-state index contributed by atoms with van der Waals surface area (Å²) < 4.78 is 5.96. The van der Waals surface area contributed by atoms with Crippen LogP contribution in [0.25, 0.3) is 33.1 Å². The minimum Gasteiger partial charge on any atom is -0.456 e. The fraction of sp³-hybridized carbons (Fsp3) is 0.0500. The highest BCUT2D eigenvalue weighted by atomic mass is 35.5. The van der Waals surface area contributed by atoms with Crippen molar-refractivity contribution in [2.24, 2.45) is 0 Å². The van der Waals surface area contributed by atoms with E-state index in [-0.39, 0.29) is 5.43 Å². The smallest absolute Gasteiger partial charge is 0.200 e. The van der Waals surface area contributed by atoms with Crippen LogP contribution >= 0.6 is 34.8 Å². The van der Waals surface area contributed by atoms with Gasteiger partial charge >= 0.3 is 0 Å². The van der Waals surface area contributed by atoms with E-state index in [2.05, 4.69) is 0 Å². The molecule has 0 spiro atoms. The largest absolute Gasteiger partial charge is 0.456 e. The Hall–Kier alpha value is -2.00. The molecule has 0 N–H and O–H groups in total. The maximum absolute atomic E-state index is 12.9. The minimum absolute atomic E-state index is 0.0926. The number of hydrogen-bond acceptors (Lipinski definition) is 2. The molecule has 5 heteroatoms. The van der Waals surface area contributed by atoms with E-state index in [0.717, 1.165) is 16.7 Å². The van der Waals surface area contributed by atoms with Crippen LogP contribution in [0, 0.1) is 6.92 Å². The molecule has 0 amide bonds. The van der Waals surface area contributed by atoms with Gasteiger partial charge in [-0.15, -0.1) is 0 Å². The van der Waals surface area contributed by atoms with Gasteiger partial charge in [0, 0.05) is 20.6 Å². The van der Waals surface area contributed by atoms with Crippen LogP contribution in [-0.2, 0) is 0 Å². The van der Waals surface area contributed by atoms with Crippen molar-refractivity contribution in [3.8, 4) is 11.1 Å². The fourth-order valence-electron chi connectivity index (χ4n) is 3.03. The van der Waals surface area contributed by atoms with Crippen molar-refractivity contribution in [3.05, 3.63) is 79.4 Å². The highest BCUT2D eigenvalue weighted by Gasteiger charge is 2.14. The van der Waals surface area contributed by atoms with Crippen LogP contribution < -0.4 is 5.43 Å². The summed E-state index contributed by atoms with van der Waals surface area (Å²) in [6.45, 7) is 1.88. The molecular formula is C20H11Cl3O2. The fourth-order valence-corrected chi connectivity index (χ4v) is 3.72. The standard InChI is InChI=1S/C20H11Cl3O2/c1-10-6-11(14-4-2-13(22)9-16(14)23)7-18-19(10)20(24)15-8-12(21)3-5-17(15)25-18/h2-9H,1H3. The van der Waals surface area contributed by atoms with Crippen molar-refractivity contribution in [1.82, 2.24) is 0 Å². The third-order valence-corrected chi connectivity index (χ3v) is 4.96. The molecule has 0 aliphatic rings. The predicted octanol–water partition coefficient (Wildman–Crippen LogP) is 6.88. The van der Waals surface area contributed by atoms with Crippen LogP contribution in [0.4, 0.5) is 0 Å². The van der Waals surface area contributed by atoms with E-state index in [0.29, 0.717) is 37.0 Å². The van der Waals surface area contributed by atoms with Crippen molar-refractivity contribution in [3.63, 3.8) is 0 Å². The first kappa shape index (κ1) is 16.5. The molecule has 0 unspecified atom stereocenters. The lowest BCUT2D eigenvalue weighted by atomic mass is 9.99. The van der Waals surface area contributed by atoms with E-state index in [1.54, 1.807) is 30.3 Å². The number of rotatable bonds is 1. The summed E-state index contributed by atoms with van der Waals surface area (Å²) in [4.78, 5) is 12.9. The molecule has 0 aliphatic heterocycles. The lowest BCUT2D eigenvalue weighted by molar-refractivity contribution is 0.660. The number of hydrogen-bond donors (Lipinski definition) is 0. The highest BCUT2D eigenvalue weighted by Crippen LogP contribution is 2.34. The van der Waals surface area contributed by atoms with Crippen molar-refractivity contribution in [2.75, 3.05) is 0 Å². The second kappa shape index (κ2) is 6.06. The summed E-state index contributed by atoms with van der Waals surface area (Å²) in [5.41, 5.74) is 3.43. The van der Waals surface area contributed by atoms with Crippen LogP contribution in [-0.4, -0.2) is 0 Å². The second-order valence-electron chi connectivity index (χ2n) is 5.86. The number of halogens is 3. The Labute approximate surface area is 158 Å². The van der Waals surface area contributed by atoms with E-state index < -0.39 is 0 Å². The molecule has 1 aromatic heterocycles. The molecule has 124 valence electrons. The van der Waals surface area contributed by atoms with Gasteiger partial charge in [-0.2, -0.15) is 0 Å². The van der Waals surface area contributed by atoms with Crippen molar-refractivity contribution in [1.29, 1.82) is 0 Å². The summed E-state index contributed by atoms with van der Waals surface area (Å²) in [7, 11) is 0. The molecule has 0 atom stereocenters. The summed E-state index contributed by atoms with van der Waals surface area (Å²) in [6, 6.07) is 14.1. The molecule has 0 radical (unpaired) electrons. The van der Waals surface area contributed by atoms with Crippen LogP contribution in [0.3, 0.4) is 0 Å². The van der Waals surface area contributed by atoms with Gasteiger partial charge in [0.25, 0.3) is 0 Å². The third kappa shape index (κ3) is 2.81. The van der Waals surface area contributed by atoms with Crippen molar-refractivity contribution < 1.29 is 4.42 Å². The van der Waals surface area contributed by atoms with Crippen LogP contribution in [0.5, 0.6) is 0 Å². The minimum atomic E-state index is -0.0926. The summed E-state index contributed by atoms with van der Waals surface area (Å²) in [5, 5.41) is 2.63. The Morgan fingerprint density at radius 2 is 1.56 bits per heavy atom. The first-order valence-corrected chi connectivity index (χ1v) is 8.69. The van der Waals surface area contributed by atoms with Gasteiger partial charge in [0.2, 0.25) is 5.43 Å².